The van der Waals surface area contributed by atoms with E-state index in [2.05, 4.69) is 5.10 Å². The van der Waals surface area contributed by atoms with Crippen LogP contribution in [0.2, 0.25) is 5.02 Å². The maximum absolute atomic E-state index is 11.3. The van der Waals surface area contributed by atoms with Gasteiger partial charge in [0.05, 0.1) is 22.2 Å². The van der Waals surface area contributed by atoms with Crippen LogP contribution in [0.1, 0.15) is 43.3 Å². The number of carbonyl (C=O) groups is 1. The van der Waals surface area contributed by atoms with Gasteiger partial charge in [0, 0.05) is 31.2 Å². The average Bonchev–Trinajstić information content (AvgIpc) is 2.75. The van der Waals surface area contributed by atoms with Gasteiger partial charge in [-0.3, -0.25) is 19.6 Å². The van der Waals surface area contributed by atoms with E-state index in [9.17, 15) is 14.9 Å². The molecule has 0 bridgehead atoms. The summed E-state index contributed by atoms with van der Waals surface area (Å²) in [5, 5.41) is 15.7. The van der Waals surface area contributed by atoms with Crippen LogP contribution >= 0.6 is 11.6 Å². The van der Waals surface area contributed by atoms with E-state index in [1.807, 2.05) is 32.4 Å². The van der Waals surface area contributed by atoms with Crippen molar-refractivity contribution in [2.75, 3.05) is 0 Å². The lowest BCUT2D eigenvalue weighted by molar-refractivity contribution is -0.384. The van der Waals surface area contributed by atoms with E-state index in [1.54, 1.807) is 6.07 Å². The summed E-state index contributed by atoms with van der Waals surface area (Å²) in [4.78, 5) is 21.6. The van der Waals surface area contributed by atoms with E-state index in [0.717, 1.165) is 22.5 Å². The quantitative estimate of drug-likeness (QED) is 0.430. The number of nitro benzene ring substituents is 1. The molecule has 0 aliphatic heterocycles. The zero-order chi connectivity index (χ0) is 19.6. The van der Waals surface area contributed by atoms with Crippen molar-refractivity contribution in [3.63, 3.8) is 0 Å². The van der Waals surface area contributed by atoms with Gasteiger partial charge in [-0.15, -0.1) is 0 Å². The van der Waals surface area contributed by atoms with Gasteiger partial charge in [0.2, 0.25) is 0 Å². The number of ether oxygens (including phenoxy) is 1. The molecule has 8 heteroatoms. The smallest absolute Gasteiger partial charge is 0.303 e. The second-order valence-corrected chi connectivity index (χ2v) is 7.28. The fourth-order valence-electron chi connectivity index (χ4n) is 2.93. The molecule has 2 rings (SSSR count). The Bertz CT molecular complexity index is 858. The molecule has 0 radical (unpaired) electrons. The summed E-state index contributed by atoms with van der Waals surface area (Å²) in [6.07, 6.45) is 0.540. The minimum Gasteiger partial charge on any atom is -0.459 e. The predicted octanol–water partition coefficient (Wildman–Crippen LogP) is 3.99. The van der Waals surface area contributed by atoms with E-state index in [-0.39, 0.29) is 11.7 Å². The van der Waals surface area contributed by atoms with Gasteiger partial charge >= 0.3 is 5.97 Å². The normalized spacial score (nSPS) is 11.5. The van der Waals surface area contributed by atoms with Crippen LogP contribution in [0.15, 0.2) is 18.2 Å². The van der Waals surface area contributed by atoms with E-state index in [1.165, 1.54) is 19.1 Å². The lowest BCUT2D eigenvalue weighted by atomic mass is 9.97. The first-order valence-corrected chi connectivity index (χ1v) is 8.53. The molecule has 0 unspecified atom stereocenters. The molecule has 0 fully saturated rings. The number of aromatic nitrogens is 2. The van der Waals surface area contributed by atoms with Gasteiger partial charge in [-0.1, -0.05) is 11.6 Å². The summed E-state index contributed by atoms with van der Waals surface area (Å²) in [6.45, 7) is 9.35. The van der Waals surface area contributed by atoms with Crippen molar-refractivity contribution in [1.29, 1.82) is 0 Å². The third kappa shape index (κ3) is 4.60. The number of benzene rings is 1. The molecule has 0 saturated carbocycles. The Kier molecular flexibility index (Phi) is 5.71. The standard InChI is InChI=1S/C18H22ClN3O4/c1-11-16(9-18(4,5)26-13(3)23)12(2)21(20-11)10-14-6-7-15(22(24)25)8-17(14)19/h6-8H,9-10H2,1-5H3. The Hall–Kier alpha value is -2.41. The van der Waals surface area contributed by atoms with Gasteiger partial charge in [0.25, 0.3) is 5.69 Å². The van der Waals surface area contributed by atoms with Crippen LogP contribution in [0.25, 0.3) is 0 Å². The first-order valence-electron chi connectivity index (χ1n) is 8.15. The fraction of sp³-hybridized carbons (Fsp3) is 0.444. The number of carbonyl (C=O) groups excluding carboxylic acids is 1. The molecule has 1 aromatic heterocycles. The van der Waals surface area contributed by atoms with Crippen LogP contribution in [0, 0.1) is 24.0 Å². The van der Waals surface area contributed by atoms with Gasteiger partial charge in [-0.25, -0.2) is 0 Å². The van der Waals surface area contributed by atoms with Gasteiger partial charge in [0.15, 0.2) is 0 Å². The van der Waals surface area contributed by atoms with Crippen LogP contribution in [0.3, 0.4) is 0 Å². The van der Waals surface area contributed by atoms with Crippen LogP contribution in [0.4, 0.5) is 5.69 Å². The Balaban J connectivity index is 2.28. The molecular formula is C18H22ClN3O4. The monoisotopic (exact) mass is 379 g/mol. The van der Waals surface area contributed by atoms with E-state index in [4.69, 9.17) is 16.3 Å². The number of halogens is 1. The summed E-state index contributed by atoms with van der Waals surface area (Å²) in [5.74, 6) is -0.324. The summed E-state index contributed by atoms with van der Waals surface area (Å²) < 4.78 is 7.18. The van der Waals surface area contributed by atoms with Crippen molar-refractivity contribution in [3.8, 4) is 0 Å². The molecule has 0 atom stereocenters. The summed E-state index contributed by atoms with van der Waals surface area (Å²) in [6, 6.07) is 4.41. The highest BCUT2D eigenvalue weighted by Crippen LogP contribution is 2.26. The summed E-state index contributed by atoms with van der Waals surface area (Å²) >= 11 is 6.18. The van der Waals surface area contributed by atoms with Gasteiger partial charge in [-0.05, 0) is 44.9 Å². The van der Waals surface area contributed by atoms with Crippen molar-refractivity contribution in [2.24, 2.45) is 0 Å². The number of nitrogens with zero attached hydrogens (tertiary/aromatic N) is 3. The second kappa shape index (κ2) is 7.45. The SMILES string of the molecule is CC(=O)OC(C)(C)Cc1c(C)nn(Cc2ccc([N+](=O)[O-])cc2Cl)c1C. The summed E-state index contributed by atoms with van der Waals surface area (Å²) in [5.41, 5.74) is 2.86. The molecule has 2 aromatic rings. The van der Waals surface area contributed by atoms with Crippen molar-refractivity contribution in [3.05, 3.63) is 55.9 Å². The molecule has 0 saturated heterocycles. The molecule has 26 heavy (non-hydrogen) atoms. The lowest BCUT2D eigenvalue weighted by Crippen LogP contribution is -2.30. The van der Waals surface area contributed by atoms with Crippen LogP contribution in [-0.2, 0) is 22.5 Å². The number of rotatable bonds is 6. The molecule has 0 spiro atoms. The minimum absolute atomic E-state index is 0.0454. The Morgan fingerprint density at radius 3 is 2.58 bits per heavy atom. The molecule has 7 nitrogen and oxygen atoms in total. The fourth-order valence-corrected chi connectivity index (χ4v) is 3.17. The third-order valence-electron chi connectivity index (χ3n) is 4.12. The number of hydrogen-bond donors (Lipinski definition) is 0. The summed E-state index contributed by atoms with van der Waals surface area (Å²) in [7, 11) is 0. The number of nitro groups is 1. The highest BCUT2D eigenvalue weighted by Gasteiger charge is 2.26. The number of esters is 1. The largest absolute Gasteiger partial charge is 0.459 e. The highest BCUT2D eigenvalue weighted by atomic mass is 35.5. The maximum atomic E-state index is 11.3. The maximum Gasteiger partial charge on any atom is 0.303 e. The van der Waals surface area contributed by atoms with Crippen molar-refractivity contribution in [2.45, 2.75) is 53.2 Å². The molecule has 140 valence electrons. The van der Waals surface area contributed by atoms with Crippen LogP contribution in [-0.4, -0.2) is 26.3 Å². The van der Waals surface area contributed by atoms with E-state index in [0.29, 0.717) is 18.0 Å². The van der Waals surface area contributed by atoms with Crippen LogP contribution in [0.5, 0.6) is 0 Å². The molecule has 0 aliphatic carbocycles. The molecule has 0 amide bonds. The van der Waals surface area contributed by atoms with Gasteiger partial charge in [-0.2, -0.15) is 5.10 Å². The van der Waals surface area contributed by atoms with E-state index < -0.39 is 10.5 Å². The highest BCUT2D eigenvalue weighted by molar-refractivity contribution is 6.31. The Labute approximate surface area is 157 Å². The average molecular weight is 380 g/mol. The van der Waals surface area contributed by atoms with Crippen molar-refractivity contribution >= 4 is 23.3 Å². The number of aryl methyl sites for hydroxylation is 1. The molecular weight excluding hydrogens is 358 g/mol. The molecule has 1 aromatic carbocycles. The molecule has 0 aliphatic rings. The number of non-ortho nitro benzene ring substituents is 1. The predicted molar refractivity (Wildman–Crippen MR) is 98.5 cm³/mol. The van der Waals surface area contributed by atoms with Crippen molar-refractivity contribution < 1.29 is 14.5 Å². The molecule has 0 N–H and O–H groups in total. The number of hydrogen-bond acceptors (Lipinski definition) is 5. The lowest BCUT2D eigenvalue weighted by Gasteiger charge is -2.24. The van der Waals surface area contributed by atoms with Gasteiger partial charge < -0.3 is 4.74 Å². The van der Waals surface area contributed by atoms with Crippen molar-refractivity contribution in [1.82, 2.24) is 9.78 Å². The first-order chi connectivity index (χ1) is 12.0. The minimum atomic E-state index is -0.639. The second-order valence-electron chi connectivity index (χ2n) is 6.87. The van der Waals surface area contributed by atoms with Crippen LogP contribution < -0.4 is 0 Å². The Morgan fingerprint density at radius 2 is 2.04 bits per heavy atom. The third-order valence-corrected chi connectivity index (χ3v) is 4.47. The zero-order valence-electron chi connectivity index (χ0n) is 15.5. The van der Waals surface area contributed by atoms with E-state index >= 15 is 0 Å². The Morgan fingerprint density at radius 1 is 1.38 bits per heavy atom. The van der Waals surface area contributed by atoms with Gasteiger partial charge in [0.1, 0.15) is 5.60 Å². The molecule has 1 heterocycles. The zero-order valence-corrected chi connectivity index (χ0v) is 16.3. The topological polar surface area (TPSA) is 87.3 Å². The first kappa shape index (κ1) is 19.9.